The van der Waals surface area contributed by atoms with E-state index in [1.54, 1.807) is 7.11 Å². The maximum absolute atomic E-state index is 13.3. The average Bonchev–Trinajstić information content (AvgIpc) is 3.27. The van der Waals surface area contributed by atoms with E-state index in [1.165, 1.54) is 22.8 Å². The summed E-state index contributed by atoms with van der Waals surface area (Å²) in [4.78, 5) is 26.2. The smallest absolute Gasteiger partial charge is 0.277 e. The molecule has 1 aliphatic heterocycles. The Morgan fingerprint density at radius 3 is 2.68 bits per heavy atom. The number of fused-ring (bicyclic) bond motifs is 1. The van der Waals surface area contributed by atoms with E-state index in [1.807, 2.05) is 0 Å². The third-order valence-electron chi connectivity index (χ3n) is 5.47. The van der Waals surface area contributed by atoms with Crippen molar-refractivity contribution in [2.24, 2.45) is 0 Å². The van der Waals surface area contributed by atoms with Gasteiger partial charge in [0.15, 0.2) is 0 Å². The van der Waals surface area contributed by atoms with Crippen LogP contribution in [0, 0.1) is 0 Å². The van der Waals surface area contributed by atoms with Crippen LogP contribution in [0.4, 0.5) is 0 Å². The van der Waals surface area contributed by atoms with Crippen LogP contribution in [0.5, 0.6) is 0 Å². The Balaban J connectivity index is 1.76. The van der Waals surface area contributed by atoms with Crippen molar-refractivity contribution in [2.75, 3.05) is 46.4 Å². The van der Waals surface area contributed by atoms with Gasteiger partial charge in [0.05, 0.1) is 18.5 Å². The van der Waals surface area contributed by atoms with Crippen molar-refractivity contribution in [1.29, 1.82) is 0 Å². The Labute approximate surface area is 179 Å². The predicted molar refractivity (Wildman–Crippen MR) is 114 cm³/mol. The van der Waals surface area contributed by atoms with Gasteiger partial charge in [0.2, 0.25) is 10.0 Å². The van der Waals surface area contributed by atoms with Gasteiger partial charge < -0.3 is 14.6 Å². The van der Waals surface area contributed by atoms with Gasteiger partial charge in [-0.15, -0.1) is 0 Å². The summed E-state index contributed by atoms with van der Waals surface area (Å²) in [5.74, 6) is 0.241. The fraction of sp³-hybridized carbons (Fsp3) is 0.474. The molecule has 31 heavy (non-hydrogen) atoms. The molecule has 4 rings (SSSR count). The minimum atomic E-state index is -3.73. The second-order valence-corrected chi connectivity index (χ2v) is 9.23. The van der Waals surface area contributed by atoms with Gasteiger partial charge in [-0.25, -0.2) is 13.4 Å². The van der Waals surface area contributed by atoms with Crippen LogP contribution >= 0.6 is 0 Å². The second-order valence-electron chi connectivity index (χ2n) is 7.29. The van der Waals surface area contributed by atoms with Crippen molar-refractivity contribution in [2.45, 2.75) is 18.2 Å². The number of rotatable bonds is 7. The Morgan fingerprint density at radius 1 is 1.19 bits per heavy atom. The highest BCUT2D eigenvalue weighted by atomic mass is 32.2. The monoisotopic (exact) mass is 447 g/mol. The first-order chi connectivity index (χ1) is 14.9. The lowest BCUT2D eigenvalue weighted by Crippen LogP contribution is -2.48. The normalized spacial score (nSPS) is 16.2. The molecule has 1 fully saturated rings. The minimum absolute atomic E-state index is 0.0727. The highest BCUT2D eigenvalue weighted by Crippen LogP contribution is 2.25. The fourth-order valence-electron chi connectivity index (χ4n) is 3.63. The van der Waals surface area contributed by atoms with Gasteiger partial charge in [-0.2, -0.15) is 9.40 Å². The second kappa shape index (κ2) is 8.83. The lowest BCUT2D eigenvalue weighted by atomic mass is 10.1. The molecule has 12 heteroatoms. The number of methoxy groups -OCH3 is 1. The van der Waals surface area contributed by atoms with Gasteiger partial charge in [0.25, 0.3) is 5.56 Å². The van der Waals surface area contributed by atoms with E-state index in [-0.39, 0.29) is 21.8 Å². The van der Waals surface area contributed by atoms with Crippen LogP contribution in [-0.4, -0.2) is 89.2 Å². The van der Waals surface area contributed by atoms with E-state index in [0.717, 1.165) is 6.54 Å². The van der Waals surface area contributed by atoms with Crippen LogP contribution in [0.2, 0.25) is 0 Å². The summed E-state index contributed by atoms with van der Waals surface area (Å²) < 4.78 is 33.2. The van der Waals surface area contributed by atoms with E-state index < -0.39 is 10.0 Å². The molecule has 0 atom stereocenters. The highest BCUT2D eigenvalue weighted by molar-refractivity contribution is 7.89. The third-order valence-corrected chi connectivity index (χ3v) is 7.33. The number of H-pyrrole nitrogens is 2. The molecule has 0 bridgehead atoms. The summed E-state index contributed by atoms with van der Waals surface area (Å²) in [6.07, 6.45) is 3.25. The fourth-order valence-corrected chi connectivity index (χ4v) is 5.03. The largest absolute Gasteiger partial charge is 0.384 e. The summed E-state index contributed by atoms with van der Waals surface area (Å²) in [5.41, 5.74) is 1.29. The summed E-state index contributed by atoms with van der Waals surface area (Å²) in [5, 5.41) is 6.45. The standard InChI is InChI=1S/C19H25N7O4S/c1-3-25-5-7-26(8-6-25)31(28,29)13-10-14(15(20-11-13)4-9-30-2)18-22-16-12-21-24-17(16)19(27)23-18/h10-12H,3-9H2,1-2H3,(H,21,24)(H,22,23,27). The number of hydrogen-bond donors (Lipinski definition) is 2. The van der Waals surface area contributed by atoms with Gasteiger partial charge in [-0.05, 0) is 12.6 Å². The molecule has 0 aromatic carbocycles. The van der Waals surface area contributed by atoms with Crippen LogP contribution < -0.4 is 5.56 Å². The molecular formula is C19H25N7O4S. The molecule has 0 aliphatic carbocycles. The van der Waals surface area contributed by atoms with E-state index in [0.29, 0.717) is 56.0 Å². The first-order valence-electron chi connectivity index (χ1n) is 10.1. The zero-order chi connectivity index (χ0) is 22.0. The number of sulfonamides is 1. The van der Waals surface area contributed by atoms with Gasteiger partial charge in [0.1, 0.15) is 21.8 Å². The number of ether oxygens (including phenoxy) is 1. The molecule has 2 N–H and O–H groups in total. The van der Waals surface area contributed by atoms with Crippen molar-refractivity contribution in [3.63, 3.8) is 0 Å². The zero-order valence-corrected chi connectivity index (χ0v) is 18.3. The lowest BCUT2D eigenvalue weighted by Gasteiger charge is -2.33. The summed E-state index contributed by atoms with van der Waals surface area (Å²) in [6.45, 7) is 5.57. The van der Waals surface area contributed by atoms with Crippen LogP contribution in [0.25, 0.3) is 22.4 Å². The van der Waals surface area contributed by atoms with Crippen molar-refractivity contribution in [1.82, 2.24) is 34.4 Å². The molecule has 0 spiro atoms. The molecule has 11 nitrogen and oxygen atoms in total. The quantitative estimate of drug-likeness (QED) is 0.525. The van der Waals surface area contributed by atoms with Crippen molar-refractivity contribution >= 4 is 21.1 Å². The number of hydrogen-bond acceptors (Lipinski definition) is 8. The molecule has 0 radical (unpaired) electrons. The molecule has 0 unspecified atom stereocenters. The SMILES string of the molecule is CCN1CCN(S(=O)(=O)c2cnc(CCOC)c(-c3nc4cn[nH]c4c(=O)[nH]3)c2)CC1. The van der Waals surface area contributed by atoms with E-state index in [4.69, 9.17) is 4.74 Å². The zero-order valence-electron chi connectivity index (χ0n) is 17.5. The summed E-state index contributed by atoms with van der Waals surface area (Å²) in [7, 11) is -2.15. The van der Waals surface area contributed by atoms with Crippen LogP contribution in [0.15, 0.2) is 28.2 Å². The molecule has 0 amide bonds. The number of aromatic amines is 2. The van der Waals surface area contributed by atoms with Crippen LogP contribution in [-0.2, 0) is 21.2 Å². The van der Waals surface area contributed by atoms with Gasteiger partial charge in [0, 0.05) is 51.5 Å². The van der Waals surface area contributed by atoms with Gasteiger partial charge >= 0.3 is 0 Å². The van der Waals surface area contributed by atoms with E-state index in [9.17, 15) is 13.2 Å². The molecule has 1 saturated heterocycles. The number of piperazine rings is 1. The summed E-state index contributed by atoms with van der Waals surface area (Å²) >= 11 is 0. The topological polar surface area (TPSA) is 137 Å². The number of nitrogens with one attached hydrogen (secondary N) is 2. The van der Waals surface area contributed by atoms with Crippen molar-refractivity contribution in [3.8, 4) is 11.4 Å². The van der Waals surface area contributed by atoms with E-state index in [2.05, 4.69) is 37.0 Å². The maximum Gasteiger partial charge on any atom is 0.277 e. The minimum Gasteiger partial charge on any atom is -0.384 e. The number of aromatic nitrogens is 5. The molecular weight excluding hydrogens is 422 g/mol. The predicted octanol–water partition coefficient (Wildman–Crippen LogP) is 0.223. The lowest BCUT2D eigenvalue weighted by molar-refractivity contribution is 0.196. The molecule has 3 aromatic rings. The molecule has 1 aliphatic rings. The van der Waals surface area contributed by atoms with E-state index >= 15 is 0 Å². The molecule has 3 aromatic heterocycles. The third kappa shape index (κ3) is 4.24. The Hall–Kier alpha value is -2.67. The average molecular weight is 448 g/mol. The Morgan fingerprint density at radius 2 is 1.97 bits per heavy atom. The van der Waals surface area contributed by atoms with Crippen molar-refractivity contribution < 1.29 is 13.2 Å². The highest BCUT2D eigenvalue weighted by Gasteiger charge is 2.29. The summed E-state index contributed by atoms with van der Waals surface area (Å²) in [6, 6.07) is 1.53. The van der Waals surface area contributed by atoms with Gasteiger partial charge in [-0.3, -0.25) is 14.9 Å². The molecule has 166 valence electrons. The number of likely N-dealkylation sites (N-methyl/N-ethyl adjacent to an activating group) is 1. The van der Waals surface area contributed by atoms with Crippen molar-refractivity contribution in [3.05, 3.63) is 34.5 Å². The van der Waals surface area contributed by atoms with Crippen LogP contribution in [0.3, 0.4) is 0 Å². The molecule has 4 heterocycles. The number of nitrogens with zero attached hydrogens (tertiary/aromatic N) is 5. The number of pyridine rings is 1. The Bertz CT molecular complexity index is 1230. The maximum atomic E-state index is 13.3. The van der Waals surface area contributed by atoms with Crippen LogP contribution in [0.1, 0.15) is 12.6 Å². The van der Waals surface area contributed by atoms with Gasteiger partial charge in [-0.1, -0.05) is 6.92 Å². The first-order valence-corrected chi connectivity index (χ1v) is 11.5. The first kappa shape index (κ1) is 21.6. The Kier molecular flexibility index (Phi) is 6.14. The molecule has 0 saturated carbocycles.